The molecule has 0 amide bonds. The first-order valence-electron chi connectivity index (χ1n) is 8.41. The average molecular weight is 340 g/mol. The molecule has 0 saturated carbocycles. The van der Waals surface area contributed by atoms with E-state index >= 15 is 0 Å². The fourth-order valence-corrected chi connectivity index (χ4v) is 3.08. The van der Waals surface area contributed by atoms with Crippen LogP contribution in [-0.4, -0.2) is 24.7 Å². The van der Waals surface area contributed by atoms with Crippen molar-refractivity contribution < 1.29 is 0 Å². The highest BCUT2D eigenvalue weighted by Crippen LogP contribution is 2.19. The van der Waals surface area contributed by atoms with Gasteiger partial charge in [-0.2, -0.15) is 5.10 Å². The molecule has 0 aliphatic rings. The molecule has 2 N–H and O–H groups in total. The molecular weight excluding hydrogens is 324 g/mol. The van der Waals surface area contributed by atoms with Crippen molar-refractivity contribution in [2.75, 3.05) is 5.32 Å². The minimum absolute atomic E-state index is 0.732. The lowest BCUT2D eigenvalue weighted by Crippen LogP contribution is -2.00. The SMILES string of the molecule is c1ccc2c(c1)ncn2-c1ccc(CNc2cnc3[nH]ncc3c2)cc1. The summed E-state index contributed by atoms with van der Waals surface area (Å²) >= 11 is 0. The molecule has 0 aliphatic heterocycles. The lowest BCUT2D eigenvalue weighted by Gasteiger charge is -2.08. The summed E-state index contributed by atoms with van der Waals surface area (Å²) in [5.74, 6) is 0. The van der Waals surface area contributed by atoms with Gasteiger partial charge in [0, 0.05) is 17.6 Å². The van der Waals surface area contributed by atoms with Gasteiger partial charge in [-0.3, -0.25) is 9.67 Å². The van der Waals surface area contributed by atoms with Crippen molar-refractivity contribution in [3.05, 3.63) is 78.9 Å². The number of aromatic nitrogens is 5. The molecule has 126 valence electrons. The van der Waals surface area contributed by atoms with E-state index in [-0.39, 0.29) is 0 Å². The molecule has 6 nitrogen and oxygen atoms in total. The van der Waals surface area contributed by atoms with Crippen molar-refractivity contribution in [2.24, 2.45) is 0 Å². The zero-order valence-electron chi connectivity index (χ0n) is 13.9. The van der Waals surface area contributed by atoms with Crippen molar-refractivity contribution in [3.63, 3.8) is 0 Å². The van der Waals surface area contributed by atoms with E-state index in [2.05, 4.69) is 60.4 Å². The Labute approximate surface area is 149 Å². The summed E-state index contributed by atoms with van der Waals surface area (Å²) < 4.78 is 2.10. The van der Waals surface area contributed by atoms with Crippen molar-refractivity contribution in [2.45, 2.75) is 6.54 Å². The first kappa shape index (κ1) is 14.7. The number of H-pyrrole nitrogens is 1. The second kappa shape index (κ2) is 6.00. The van der Waals surface area contributed by atoms with Gasteiger partial charge in [0.1, 0.15) is 6.33 Å². The van der Waals surface area contributed by atoms with E-state index in [1.165, 1.54) is 5.56 Å². The summed E-state index contributed by atoms with van der Waals surface area (Å²) in [6.07, 6.45) is 5.45. The number of pyridine rings is 1. The van der Waals surface area contributed by atoms with Gasteiger partial charge in [0.15, 0.2) is 5.65 Å². The van der Waals surface area contributed by atoms with Gasteiger partial charge in [0.25, 0.3) is 0 Å². The molecule has 2 aromatic carbocycles. The van der Waals surface area contributed by atoms with E-state index in [4.69, 9.17) is 0 Å². The summed E-state index contributed by atoms with van der Waals surface area (Å²) in [6, 6.07) is 18.7. The Balaban J connectivity index is 1.34. The summed E-state index contributed by atoms with van der Waals surface area (Å²) in [4.78, 5) is 8.79. The summed E-state index contributed by atoms with van der Waals surface area (Å²) in [5, 5.41) is 11.3. The fraction of sp³-hybridized carbons (Fsp3) is 0.0500. The molecule has 0 bridgehead atoms. The molecule has 6 heteroatoms. The van der Waals surface area contributed by atoms with E-state index in [9.17, 15) is 0 Å². The van der Waals surface area contributed by atoms with E-state index < -0.39 is 0 Å². The van der Waals surface area contributed by atoms with Gasteiger partial charge in [-0.15, -0.1) is 0 Å². The summed E-state index contributed by atoms with van der Waals surface area (Å²) in [5.41, 5.74) is 6.18. The molecule has 0 fully saturated rings. The lowest BCUT2D eigenvalue weighted by molar-refractivity contribution is 1.08. The number of nitrogens with one attached hydrogen (secondary N) is 2. The highest BCUT2D eigenvalue weighted by molar-refractivity contribution is 5.78. The van der Waals surface area contributed by atoms with Crippen LogP contribution in [0.15, 0.2) is 73.3 Å². The van der Waals surface area contributed by atoms with Crippen molar-refractivity contribution >= 4 is 27.8 Å². The highest BCUT2D eigenvalue weighted by Gasteiger charge is 2.04. The van der Waals surface area contributed by atoms with E-state index in [0.29, 0.717) is 0 Å². The number of benzene rings is 2. The maximum absolute atomic E-state index is 4.45. The molecule has 0 atom stereocenters. The van der Waals surface area contributed by atoms with Crippen LogP contribution in [-0.2, 0) is 6.54 Å². The van der Waals surface area contributed by atoms with Gasteiger partial charge in [0.05, 0.1) is 29.1 Å². The van der Waals surface area contributed by atoms with Crippen LogP contribution in [0.2, 0.25) is 0 Å². The first-order valence-corrected chi connectivity index (χ1v) is 8.41. The van der Waals surface area contributed by atoms with Crippen LogP contribution in [0.1, 0.15) is 5.56 Å². The normalized spacial score (nSPS) is 11.2. The van der Waals surface area contributed by atoms with Crippen LogP contribution >= 0.6 is 0 Å². The number of hydrogen-bond donors (Lipinski definition) is 2. The summed E-state index contributed by atoms with van der Waals surface area (Å²) in [7, 11) is 0. The van der Waals surface area contributed by atoms with Crippen LogP contribution in [0, 0.1) is 0 Å². The predicted octanol–water partition coefficient (Wildman–Crippen LogP) is 3.91. The average Bonchev–Trinajstić information content (AvgIpc) is 3.33. The molecule has 3 heterocycles. The first-order chi connectivity index (χ1) is 12.9. The second-order valence-electron chi connectivity index (χ2n) is 6.16. The molecular formula is C20H16N6. The van der Waals surface area contributed by atoms with Gasteiger partial charge in [0.2, 0.25) is 0 Å². The predicted molar refractivity (Wildman–Crippen MR) is 102 cm³/mol. The largest absolute Gasteiger partial charge is 0.380 e. The Morgan fingerprint density at radius 1 is 0.962 bits per heavy atom. The van der Waals surface area contributed by atoms with Gasteiger partial charge in [-0.05, 0) is 35.9 Å². The van der Waals surface area contributed by atoms with Gasteiger partial charge in [-0.25, -0.2) is 9.97 Å². The van der Waals surface area contributed by atoms with Crippen molar-refractivity contribution in [3.8, 4) is 5.69 Å². The van der Waals surface area contributed by atoms with Crippen molar-refractivity contribution in [1.82, 2.24) is 24.7 Å². The van der Waals surface area contributed by atoms with Crippen LogP contribution in [0.25, 0.3) is 27.8 Å². The minimum Gasteiger partial charge on any atom is -0.380 e. The number of fused-ring (bicyclic) bond motifs is 2. The standard InChI is InChI=1S/C20H16N6/c1-2-4-19-18(3-1)23-13-26(19)17-7-5-14(6-8-17)10-21-16-9-15-11-24-25-20(15)22-12-16/h1-9,11-13,21H,10H2,(H,22,24,25). The third kappa shape index (κ3) is 2.57. The monoisotopic (exact) mass is 340 g/mol. The molecule has 0 saturated heterocycles. The van der Waals surface area contributed by atoms with Gasteiger partial charge < -0.3 is 5.32 Å². The Kier molecular flexibility index (Phi) is 3.38. The van der Waals surface area contributed by atoms with E-state index in [0.717, 1.165) is 40.0 Å². The minimum atomic E-state index is 0.732. The van der Waals surface area contributed by atoms with E-state index in [1.807, 2.05) is 36.8 Å². The zero-order valence-corrected chi connectivity index (χ0v) is 13.9. The molecule has 5 aromatic rings. The number of hydrogen-bond acceptors (Lipinski definition) is 4. The number of imidazole rings is 1. The quantitative estimate of drug-likeness (QED) is 0.520. The molecule has 3 aromatic heterocycles. The smallest absolute Gasteiger partial charge is 0.155 e. The topological polar surface area (TPSA) is 71.4 Å². The third-order valence-electron chi connectivity index (χ3n) is 4.46. The molecule has 0 radical (unpaired) electrons. The van der Waals surface area contributed by atoms with Gasteiger partial charge in [-0.1, -0.05) is 24.3 Å². The highest BCUT2D eigenvalue weighted by atomic mass is 15.1. The van der Waals surface area contributed by atoms with E-state index in [1.54, 1.807) is 6.20 Å². The number of nitrogens with zero attached hydrogens (tertiary/aromatic N) is 4. The van der Waals surface area contributed by atoms with Crippen LogP contribution in [0.3, 0.4) is 0 Å². The lowest BCUT2D eigenvalue weighted by atomic mass is 10.2. The molecule has 26 heavy (non-hydrogen) atoms. The Hall–Kier alpha value is -3.67. The fourth-order valence-electron chi connectivity index (χ4n) is 3.08. The zero-order chi connectivity index (χ0) is 17.3. The number of rotatable bonds is 4. The maximum Gasteiger partial charge on any atom is 0.155 e. The summed E-state index contributed by atoms with van der Waals surface area (Å²) in [6.45, 7) is 0.732. The van der Waals surface area contributed by atoms with Gasteiger partial charge >= 0.3 is 0 Å². The number of anilines is 1. The maximum atomic E-state index is 4.45. The molecule has 0 unspecified atom stereocenters. The Morgan fingerprint density at radius 3 is 2.77 bits per heavy atom. The second-order valence-corrected chi connectivity index (χ2v) is 6.16. The van der Waals surface area contributed by atoms with Crippen molar-refractivity contribution in [1.29, 1.82) is 0 Å². The van der Waals surface area contributed by atoms with Crippen LogP contribution < -0.4 is 5.32 Å². The molecule has 0 aliphatic carbocycles. The number of para-hydroxylation sites is 2. The Bertz CT molecular complexity index is 1190. The van der Waals surface area contributed by atoms with Crippen LogP contribution in [0.5, 0.6) is 0 Å². The molecule has 5 rings (SSSR count). The molecule has 0 spiro atoms. The Morgan fingerprint density at radius 2 is 1.85 bits per heavy atom. The third-order valence-corrected chi connectivity index (χ3v) is 4.46. The van der Waals surface area contributed by atoms with Crippen LogP contribution in [0.4, 0.5) is 5.69 Å². The number of aromatic amines is 1.